The minimum Gasteiger partial charge on any atom is -0.338 e. The molecule has 148 valence electrons. The van der Waals surface area contributed by atoms with E-state index in [2.05, 4.69) is 16.2 Å². The summed E-state index contributed by atoms with van der Waals surface area (Å²) in [5, 5.41) is 5.20. The monoisotopic (exact) mass is 406 g/mol. The van der Waals surface area contributed by atoms with Gasteiger partial charge in [0.2, 0.25) is 5.89 Å². The minimum atomic E-state index is -0.0866. The summed E-state index contributed by atoms with van der Waals surface area (Å²) < 4.78 is 7.03. The van der Waals surface area contributed by atoms with Crippen molar-refractivity contribution in [3.05, 3.63) is 75.7 Å². The Morgan fingerprint density at radius 2 is 1.79 bits per heavy atom. The van der Waals surface area contributed by atoms with E-state index in [1.54, 1.807) is 4.57 Å². The molecule has 0 aliphatic rings. The van der Waals surface area contributed by atoms with E-state index in [1.807, 2.05) is 64.1 Å². The lowest BCUT2D eigenvalue weighted by Gasteiger charge is -2.14. The van der Waals surface area contributed by atoms with Crippen LogP contribution >= 0.6 is 11.8 Å². The summed E-state index contributed by atoms with van der Waals surface area (Å²) in [5.74, 6) is 1.84. The third-order valence-corrected chi connectivity index (χ3v) is 5.46. The van der Waals surface area contributed by atoms with Crippen molar-refractivity contribution in [2.24, 2.45) is 0 Å². The third kappa shape index (κ3) is 3.96. The number of rotatable bonds is 5. The number of para-hydroxylation sites is 1. The quantitative estimate of drug-likeness (QED) is 0.350. The summed E-state index contributed by atoms with van der Waals surface area (Å²) in [7, 11) is 0. The molecule has 0 saturated carbocycles. The van der Waals surface area contributed by atoms with Gasteiger partial charge in [-0.15, -0.1) is 0 Å². The van der Waals surface area contributed by atoms with Crippen LogP contribution in [0, 0.1) is 13.8 Å². The fraction of sp³-hybridized carbons (Fsp3) is 0.273. The Hall–Kier alpha value is -2.93. The molecule has 0 amide bonds. The zero-order valence-electron chi connectivity index (χ0n) is 16.8. The van der Waals surface area contributed by atoms with Crippen LogP contribution in [0.3, 0.4) is 0 Å². The third-order valence-electron chi connectivity index (χ3n) is 4.53. The number of nitrogens with zero attached hydrogens (tertiary/aromatic N) is 4. The van der Waals surface area contributed by atoms with Crippen molar-refractivity contribution in [2.75, 3.05) is 0 Å². The van der Waals surface area contributed by atoms with Gasteiger partial charge in [-0.2, -0.15) is 4.98 Å². The highest BCUT2D eigenvalue weighted by molar-refractivity contribution is 7.98. The van der Waals surface area contributed by atoms with E-state index in [1.165, 1.54) is 11.8 Å². The van der Waals surface area contributed by atoms with Crippen LogP contribution in [0.4, 0.5) is 0 Å². The van der Waals surface area contributed by atoms with Crippen LogP contribution < -0.4 is 5.56 Å². The SMILES string of the molecule is Cc1cc(C)cc(-n2c(SCc3nc(C(C)C)no3)nc3ccccc3c2=O)c1. The maximum Gasteiger partial charge on any atom is 0.266 e. The Kier molecular flexibility index (Phi) is 5.24. The fourth-order valence-electron chi connectivity index (χ4n) is 3.20. The molecule has 2 heterocycles. The van der Waals surface area contributed by atoms with E-state index in [-0.39, 0.29) is 11.5 Å². The Labute approximate surface area is 173 Å². The van der Waals surface area contributed by atoms with Crippen LogP contribution in [0.5, 0.6) is 0 Å². The molecule has 0 saturated heterocycles. The first kappa shape index (κ1) is 19.4. The van der Waals surface area contributed by atoms with Crippen LogP contribution in [-0.4, -0.2) is 19.7 Å². The van der Waals surface area contributed by atoms with Gasteiger partial charge >= 0.3 is 0 Å². The number of aryl methyl sites for hydroxylation is 2. The highest BCUT2D eigenvalue weighted by atomic mass is 32.2. The van der Waals surface area contributed by atoms with Crippen molar-refractivity contribution >= 4 is 22.7 Å². The van der Waals surface area contributed by atoms with Crippen LogP contribution in [0.1, 0.15) is 42.6 Å². The van der Waals surface area contributed by atoms with Gasteiger partial charge in [-0.25, -0.2) is 4.98 Å². The van der Waals surface area contributed by atoms with E-state index in [4.69, 9.17) is 9.51 Å². The number of aromatic nitrogens is 4. The molecule has 29 heavy (non-hydrogen) atoms. The molecule has 6 nitrogen and oxygen atoms in total. The molecule has 0 spiro atoms. The first-order valence-corrected chi connectivity index (χ1v) is 10.5. The van der Waals surface area contributed by atoms with Gasteiger partial charge in [0, 0.05) is 5.92 Å². The molecule has 0 fully saturated rings. The highest BCUT2D eigenvalue weighted by Crippen LogP contribution is 2.25. The van der Waals surface area contributed by atoms with E-state index < -0.39 is 0 Å². The largest absolute Gasteiger partial charge is 0.338 e. The number of thioether (sulfide) groups is 1. The van der Waals surface area contributed by atoms with Gasteiger partial charge in [0.15, 0.2) is 11.0 Å². The van der Waals surface area contributed by atoms with Gasteiger partial charge in [0.1, 0.15) is 0 Å². The molecule has 4 rings (SSSR count). The lowest BCUT2D eigenvalue weighted by Crippen LogP contribution is -2.22. The van der Waals surface area contributed by atoms with E-state index in [9.17, 15) is 4.79 Å². The molecule has 0 aliphatic heterocycles. The van der Waals surface area contributed by atoms with Gasteiger partial charge in [-0.3, -0.25) is 9.36 Å². The van der Waals surface area contributed by atoms with Crippen molar-refractivity contribution in [1.29, 1.82) is 0 Å². The summed E-state index contributed by atoms with van der Waals surface area (Å²) in [4.78, 5) is 22.5. The average molecular weight is 407 g/mol. The van der Waals surface area contributed by atoms with Crippen molar-refractivity contribution in [3.8, 4) is 5.69 Å². The molecule has 7 heteroatoms. The Bertz CT molecular complexity index is 1220. The van der Waals surface area contributed by atoms with Crippen molar-refractivity contribution < 1.29 is 4.52 Å². The molecule has 0 unspecified atom stereocenters. The smallest absolute Gasteiger partial charge is 0.266 e. The normalized spacial score (nSPS) is 11.5. The molecular formula is C22H22N4O2S. The number of hydrogen-bond acceptors (Lipinski definition) is 6. The maximum atomic E-state index is 13.3. The number of benzene rings is 2. The van der Waals surface area contributed by atoms with Crippen LogP contribution in [-0.2, 0) is 5.75 Å². The topological polar surface area (TPSA) is 73.8 Å². The second-order valence-electron chi connectivity index (χ2n) is 7.39. The zero-order valence-corrected chi connectivity index (χ0v) is 17.7. The van der Waals surface area contributed by atoms with Gasteiger partial charge in [-0.1, -0.05) is 49.0 Å². The minimum absolute atomic E-state index is 0.0866. The summed E-state index contributed by atoms with van der Waals surface area (Å²) in [6.45, 7) is 8.08. The standard InChI is InChI=1S/C22H22N4O2S/c1-13(2)20-24-19(28-25-20)12-29-22-23-18-8-6-5-7-17(18)21(27)26(22)16-10-14(3)9-15(4)11-16/h5-11,13H,12H2,1-4H3. The Balaban J connectivity index is 1.81. The zero-order chi connectivity index (χ0) is 20.5. The van der Waals surface area contributed by atoms with Gasteiger partial charge in [0.05, 0.1) is 22.3 Å². The molecule has 0 radical (unpaired) electrons. The van der Waals surface area contributed by atoms with E-state index in [0.29, 0.717) is 33.5 Å². The highest BCUT2D eigenvalue weighted by Gasteiger charge is 2.16. The number of fused-ring (bicyclic) bond motifs is 1. The van der Waals surface area contributed by atoms with Crippen molar-refractivity contribution in [1.82, 2.24) is 19.7 Å². The van der Waals surface area contributed by atoms with Gasteiger partial charge < -0.3 is 4.52 Å². The lowest BCUT2D eigenvalue weighted by molar-refractivity contribution is 0.382. The molecule has 4 aromatic rings. The first-order valence-electron chi connectivity index (χ1n) is 9.48. The van der Waals surface area contributed by atoms with Crippen LogP contribution in [0.25, 0.3) is 16.6 Å². The summed E-state index contributed by atoms with van der Waals surface area (Å²) in [5.41, 5.74) is 3.58. The van der Waals surface area contributed by atoms with Crippen LogP contribution in [0.15, 0.2) is 56.9 Å². The summed E-state index contributed by atoms with van der Waals surface area (Å²) >= 11 is 1.42. The van der Waals surface area contributed by atoms with E-state index in [0.717, 1.165) is 16.8 Å². The second-order valence-corrected chi connectivity index (χ2v) is 8.33. The summed E-state index contributed by atoms with van der Waals surface area (Å²) in [6, 6.07) is 13.5. The number of hydrogen-bond donors (Lipinski definition) is 0. The molecule has 0 N–H and O–H groups in total. The maximum absolute atomic E-state index is 13.3. The van der Waals surface area contributed by atoms with Crippen molar-refractivity contribution in [3.63, 3.8) is 0 Å². The van der Waals surface area contributed by atoms with Gasteiger partial charge in [-0.05, 0) is 49.2 Å². The second kappa shape index (κ2) is 7.83. The molecule has 2 aromatic heterocycles. The Morgan fingerprint density at radius 3 is 2.48 bits per heavy atom. The average Bonchev–Trinajstić information content (AvgIpc) is 3.15. The molecule has 0 aliphatic carbocycles. The predicted molar refractivity (Wildman–Crippen MR) is 115 cm³/mol. The fourth-order valence-corrected chi connectivity index (χ4v) is 4.05. The molecule has 0 atom stereocenters. The lowest BCUT2D eigenvalue weighted by atomic mass is 10.1. The van der Waals surface area contributed by atoms with E-state index >= 15 is 0 Å². The predicted octanol–water partition coefficient (Wildman–Crippen LogP) is 4.80. The van der Waals surface area contributed by atoms with Crippen molar-refractivity contribution in [2.45, 2.75) is 44.5 Å². The summed E-state index contributed by atoms with van der Waals surface area (Å²) in [6.07, 6.45) is 0. The van der Waals surface area contributed by atoms with Gasteiger partial charge in [0.25, 0.3) is 5.56 Å². The molecular weight excluding hydrogens is 384 g/mol. The molecule has 2 aromatic carbocycles. The van der Waals surface area contributed by atoms with Crippen LogP contribution in [0.2, 0.25) is 0 Å². The Morgan fingerprint density at radius 1 is 1.07 bits per heavy atom. The first-order chi connectivity index (χ1) is 13.9. The molecule has 0 bridgehead atoms.